The Balaban J connectivity index is 1.55. The molecule has 0 atom stereocenters. The Hall–Kier alpha value is -3.93. The molecule has 6 nitrogen and oxygen atoms in total. The normalized spacial score (nSPS) is 10.2. The SMILES string of the molecule is CCOC(=O)c1ccc(NC(=O)c2ccc(NC(=O)Cc3ccccc3)cc2)cc1. The van der Waals surface area contributed by atoms with E-state index in [1.165, 1.54) is 0 Å². The molecule has 0 radical (unpaired) electrons. The Labute approximate surface area is 174 Å². The second kappa shape index (κ2) is 10.0. The summed E-state index contributed by atoms with van der Waals surface area (Å²) in [6.45, 7) is 2.05. The summed E-state index contributed by atoms with van der Waals surface area (Å²) in [4.78, 5) is 36.2. The number of hydrogen-bond donors (Lipinski definition) is 2. The Bertz CT molecular complexity index is 1010. The molecule has 0 bridgehead atoms. The first-order valence-electron chi connectivity index (χ1n) is 9.57. The minimum atomic E-state index is -0.403. The third kappa shape index (κ3) is 5.78. The molecule has 0 saturated carbocycles. The lowest BCUT2D eigenvalue weighted by molar-refractivity contribution is -0.115. The summed E-state index contributed by atoms with van der Waals surface area (Å²) in [6.07, 6.45) is 0.283. The number of carbonyl (C=O) groups excluding carboxylic acids is 3. The molecule has 0 fully saturated rings. The monoisotopic (exact) mass is 402 g/mol. The van der Waals surface area contributed by atoms with Gasteiger partial charge >= 0.3 is 5.97 Å². The van der Waals surface area contributed by atoms with Gasteiger partial charge < -0.3 is 15.4 Å². The molecule has 0 heterocycles. The maximum atomic E-state index is 12.4. The molecule has 30 heavy (non-hydrogen) atoms. The molecule has 3 rings (SSSR count). The van der Waals surface area contributed by atoms with Crippen LogP contribution >= 0.6 is 0 Å². The molecular formula is C24H22N2O4. The fourth-order valence-electron chi connectivity index (χ4n) is 2.80. The van der Waals surface area contributed by atoms with Crippen molar-refractivity contribution in [1.82, 2.24) is 0 Å². The highest BCUT2D eigenvalue weighted by atomic mass is 16.5. The number of amides is 2. The van der Waals surface area contributed by atoms with Gasteiger partial charge in [-0.2, -0.15) is 0 Å². The van der Waals surface area contributed by atoms with Crippen LogP contribution in [0.3, 0.4) is 0 Å². The van der Waals surface area contributed by atoms with Crippen LogP contribution in [-0.2, 0) is 16.0 Å². The van der Waals surface area contributed by atoms with Gasteiger partial charge in [0.15, 0.2) is 0 Å². The van der Waals surface area contributed by atoms with Crippen molar-refractivity contribution in [3.05, 3.63) is 95.6 Å². The van der Waals surface area contributed by atoms with Gasteiger partial charge in [-0.25, -0.2) is 4.79 Å². The van der Waals surface area contributed by atoms with Crippen molar-refractivity contribution in [2.75, 3.05) is 17.2 Å². The van der Waals surface area contributed by atoms with Crippen molar-refractivity contribution in [3.8, 4) is 0 Å². The second-order valence-corrected chi connectivity index (χ2v) is 6.54. The number of rotatable bonds is 7. The van der Waals surface area contributed by atoms with Crippen LogP contribution in [0.25, 0.3) is 0 Å². The first kappa shape index (κ1) is 20.8. The summed E-state index contributed by atoms with van der Waals surface area (Å²) in [5.74, 6) is -0.818. The van der Waals surface area contributed by atoms with E-state index < -0.39 is 5.97 Å². The van der Waals surface area contributed by atoms with Crippen LogP contribution < -0.4 is 10.6 Å². The average molecular weight is 402 g/mol. The van der Waals surface area contributed by atoms with Gasteiger partial charge in [-0.3, -0.25) is 9.59 Å². The van der Waals surface area contributed by atoms with Crippen LogP contribution in [0.4, 0.5) is 11.4 Å². The molecule has 2 N–H and O–H groups in total. The van der Waals surface area contributed by atoms with Crippen LogP contribution in [0.1, 0.15) is 33.2 Å². The standard InChI is InChI=1S/C24H22N2O4/c1-2-30-24(29)19-10-14-21(15-11-19)26-23(28)18-8-12-20(13-9-18)25-22(27)16-17-6-4-3-5-7-17/h3-15H,2,16H2,1H3,(H,25,27)(H,26,28). The van der Waals surface area contributed by atoms with E-state index in [1.54, 1.807) is 55.5 Å². The van der Waals surface area contributed by atoms with Gasteiger partial charge in [0.1, 0.15) is 0 Å². The van der Waals surface area contributed by atoms with Crippen molar-refractivity contribution < 1.29 is 19.1 Å². The van der Waals surface area contributed by atoms with E-state index in [0.29, 0.717) is 29.1 Å². The molecular weight excluding hydrogens is 380 g/mol. The highest BCUT2D eigenvalue weighted by Gasteiger charge is 2.10. The first-order chi connectivity index (χ1) is 14.5. The molecule has 3 aromatic carbocycles. The van der Waals surface area contributed by atoms with Gasteiger partial charge in [0, 0.05) is 16.9 Å². The molecule has 0 aliphatic heterocycles. The van der Waals surface area contributed by atoms with Gasteiger partial charge in [0.2, 0.25) is 5.91 Å². The first-order valence-corrected chi connectivity index (χ1v) is 9.57. The van der Waals surface area contributed by atoms with Crippen molar-refractivity contribution in [3.63, 3.8) is 0 Å². The van der Waals surface area contributed by atoms with Crippen LogP contribution in [0.2, 0.25) is 0 Å². The average Bonchev–Trinajstić information content (AvgIpc) is 2.75. The minimum Gasteiger partial charge on any atom is -0.462 e. The van der Waals surface area contributed by atoms with Gasteiger partial charge in [-0.05, 0) is 61.0 Å². The zero-order valence-electron chi connectivity index (χ0n) is 16.6. The van der Waals surface area contributed by atoms with Crippen LogP contribution in [0, 0.1) is 0 Å². The number of ether oxygens (including phenoxy) is 1. The zero-order chi connectivity index (χ0) is 21.3. The van der Waals surface area contributed by atoms with E-state index in [4.69, 9.17) is 4.74 Å². The van der Waals surface area contributed by atoms with E-state index in [-0.39, 0.29) is 18.2 Å². The lowest BCUT2D eigenvalue weighted by atomic mass is 10.1. The van der Waals surface area contributed by atoms with E-state index in [2.05, 4.69) is 10.6 Å². The largest absolute Gasteiger partial charge is 0.462 e. The zero-order valence-corrected chi connectivity index (χ0v) is 16.6. The van der Waals surface area contributed by atoms with Crippen molar-refractivity contribution in [2.24, 2.45) is 0 Å². The second-order valence-electron chi connectivity index (χ2n) is 6.54. The van der Waals surface area contributed by atoms with Crippen molar-refractivity contribution in [1.29, 1.82) is 0 Å². The minimum absolute atomic E-state index is 0.125. The number of nitrogens with one attached hydrogen (secondary N) is 2. The Morgan fingerprint density at radius 2 is 1.30 bits per heavy atom. The Morgan fingerprint density at radius 1 is 0.733 bits per heavy atom. The van der Waals surface area contributed by atoms with E-state index in [1.807, 2.05) is 30.3 Å². The third-order valence-corrected chi connectivity index (χ3v) is 4.29. The van der Waals surface area contributed by atoms with Crippen LogP contribution in [0.5, 0.6) is 0 Å². The lowest BCUT2D eigenvalue weighted by Gasteiger charge is -2.08. The molecule has 0 aromatic heterocycles. The molecule has 3 aromatic rings. The highest BCUT2D eigenvalue weighted by Crippen LogP contribution is 2.15. The number of hydrogen-bond acceptors (Lipinski definition) is 4. The highest BCUT2D eigenvalue weighted by molar-refractivity contribution is 6.05. The van der Waals surface area contributed by atoms with Gasteiger partial charge in [-0.1, -0.05) is 30.3 Å². The van der Waals surface area contributed by atoms with E-state index >= 15 is 0 Å². The quantitative estimate of drug-likeness (QED) is 0.577. The molecule has 2 amide bonds. The van der Waals surface area contributed by atoms with E-state index in [9.17, 15) is 14.4 Å². The van der Waals surface area contributed by atoms with Gasteiger partial charge in [0.25, 0.3) is 5.91 Å². The van der Waals surface area contributed by atoms with Crippen molar-refractivity contribution >= 4 is 29.2 Å². The lowest BCUT2D eigenvalue weighted by Crippen LogP contribution is -2.15. The summed E-state index contributed by atoms with van der Waals surface area (Å²) in [5.41, 5.74) is 2.98. The summed E-state index contributed by atoms with van der Waals surface area (Å²) >= 11 is 0. The maximum absolute atomic E-state index is 12.4. The van der Waals surface area contributed by atoms with Crippen LogP contribution in [0.15, 0.2) is 78.9 Å². The number of anilines is 2. The number of benzene rings is 3. The number of esters is 1. The summed E-state index contributed by atoms with van der Waals surface area (Å²) in [6, 6.07) is 22.6. The molecule has 0 aliphatic rings. The predicted molar refractivity (Wildman–Crippen MR) is 116 cm³/mol. The molecule has 6 heteroatoms. The van der Waals surface area contributed by atoms with Gasteiger partial charge in [-0.15, -0.1) is 0 Å². The molecule has 152 valence electrons. The molecule has 0 saturated heterocycles. The van der Waals surface area contributed by atoms with Crippen LogP contribution in [-0.4, -0.2) is 24.4 Å². The molecule has 0 unspecified atom stereocenters. The smallest absolute Gasteiger partial charge is 0.338 e. The topological polar surface area (TPSA) is 84.5 Å². The summed E-state index contributed by atoms with van der Waals surface area (Å²) < 4.78 is 4.93. The molecule has 0 spiro atoms. The fraction of sp³-hybridized carbons (Fsp3) is 0.125. The third-order valence-electron chi connectivity index (χ3n) is 4.29. The van der Waals surface area contributed by atoms with Crippen molar-refractivity contribution in [2.45, 2.75) is 13.3 Å². The number of carbonyl (C=O) groups is 3. The summed E-state index contributed by atoms with van der Waals surface area (Å²) in [5, 5.41) is 5.59. The summed E-state index contributed by atoms with van der Waals surface area (Å²) in [7, 11) is 0. The predicted octanol–water partition coefficient (Wildman–Crippen LogP) is 4.30. The molecule has 0 aliphatic carbocycles. The van der Waals surface area contributed by atoms with Gasteiger partial charge in [0.05, 0.1) is 18.6 Å². The maximum Gasteiger partial charge on any atom is 0.338 e. The fourth-order valence-corrected chi connectivity index (χ4v) is 2.80. The Morgan fingerprint density at radius 3 is 1.90 bits per heavy atom. The Kier molecular flexibility index (Phi) is 6.95. The van der Waals surface area contributed by atoms with E-state index in [0.717, 1.165) is 5.56 Å².